The average Bonchev–Trinajstić information content (AvgIpc) is 2.57. The summed E-state index contributed by atoms with van der Waals surface area (Å²) in [4.78, 5) is 47.1. The maximum atomic E-state index is 11.9. The van der Waals surface area contributed by atoms with E-state index < -0.39 is 29.7 Å². The summed E-state index contributed by atoms with van der Waals surface area (Å²) in [7, 11) is 2.67. The van der Waals surface area contributed by atoms with E-state index in [4.69, 9.17) is 10.5 Å². The number of nitrogens with two attached hydrogens (primary N) is 1. The monoisotopic (exact) mass is 348 g/mol. The number of anilines is 2. The van der Waals surface area contributed by atoms with Crippen LogP contribution in [0.1, 0.15) is 10.4 Å². The standard InChI is InChI=1S/C15H16N4O6/c1-18-11(6-13(22)19(2)15(18)24)17-12(21)7-25-14(23)9-5-8(16)3-4-10(9)20/h3-6,20H,7,16H2,1-2H3,(H,17,21). The van der Waals surface area contributed by atoms with Crippen LogP contribution in [0.2, 0.25) is 0 Å². The van der Waals surface area contributed by atoms with Crippen LogP contribution in [0.25, 0.3) is 0 Å². The Bertz CT molecular complexity index is 959. The zero-order chi connectivity index (χ0) is 18.7. The summed E-state index contributed by atoms with van der Waals surface area (Å²) in [6.07, 6.45) is 0. The van der Waals surface area contributed by atoms with Gasteiger partial charge in [0.25, 0.3) is 11.5 Å². The molecular formula is C15H16N4O6. The largest absolute Gasteiger partial charge is 0.507 e. The number of phenols is 1. The van der Waals surface area contributed by atoms with E-state index in [9.17, 15) is 24.3 Å². The summed E-state index contributed by atoms with van der Waals surface area (Å²) >= 11 is 0. The Hall–Kier alpha value is -3.56. The Balaban J connectivity index is 2.07. The van der Waals surface area contributed by atoms with Gasteiger partial charge >= 0.3 is 11.7 Å². The minimum atomic E-state index is -0.946. The third kappa shape index (κ3) is 3.86. The van der Waals surface area contributed by atoms with Gasteiger partial charge in [0, 0.05) is 25.8 Å². The molecule has 0 bridgehead atoms. The van der Waals surface area contributed by atoms with Crippen molar-refractivity contribution in [2.75, 3.05) is 17.7 Å². The number of phenolic OH excluding ortho intramolecular Hbond substituents is 1. The van der Waals surface area contributed by atoms with Gasteiger partial charge in [0.15, 0.2) is 6.61 Å². The molecule has 0 radical (unpaired) electrons. The summed E-state index contributed by atoms with van der Waals surface area (Å²) in [6, 6.07) is 4.89. The van der Waals surface area contributed by atoms with Gasteiger partial charge < -0.3 is 20.9 Å². The van der Waals surface area contributed by atoms with Crippen LogP contribution in [-0.2, 0) is 23.6 Å². The van der Waals surface area contributed by atoms with Crippen molar-refractivity contribution in [3.05, 3.63) is 50.7 Å². The summed E-state index contributed by atoms with van der Waals surface area (Å²) in [6.45, 7) is -0.684. The number of hydrogen-bond donors (Lipinski definition) is 3. The highest BCUT2D eigenvalue weighted by Crippen LogP contribution is 2.20. The molecule has 10 heteroatoms. The first-order chi connectivity index (χ1) is 11.7. The number of nitrogens with zero attached hydrogens (tertiary/aromatic N) is 2. The first-order valence-corrected chi connectivity index (χ1v) is 7.03. The SMILES string of the molecule is Cn1c(NC(=O)COC(=O)c2cc(N)ccc2O)cc(=O)n(C)c1=O. The number of nitrogens with one attached hydrogen (secondary N) is 1. The number of benzene rings is 1. The molecule has 1 amide bonds. The van der Waals surface area contributed by atoms with Crippen molar-refractivity contribution in [1.29, 1.82) is 0 Å². The molecule has 1 aromatic heterocycles. The second kappa shape index (κ2) is 6.91. The van der Waals surface area contributed by atoms with Gasteiger partial charge in [-0.15, -0.1) is 0 Å². The van der Waals surface area contributed by atoms with Crippen molar-refractivity contribution in [1.82, 2.24) is 9.13 Å². The second-order valence-electron chi connectivity index (χ2n) is 5.17. The Morgan fingerprint density at radius 3 is 2.56 bits per heavy atom. The maximum absolute atomic E-state index is 11.9. The van der Waals surface area contributed by atoms with Crippen LogP contribution in [0.4, 0.5) is 11.5 Å². The topological polar surface area (TPSA) is 146 Å². The molecule has 25 heavy (non-hydrogen) atoms. The molecule has 10 nitrogen and oxygen atoms in total. The Morgan fingerprint density at radius 2 is 1.88 bits per heavy atom. The molecule has 0 unspecified atom stereocenters. The number of aromatic nitrogens is 2. The summed E-state index contributed by atoms with van der Waals surface area (Å²) in [5.41, 5.74) is 4.35. The highest BCUT2D eigenvalue weighted by Gasteiger charge is 2.16. The van der Waals surface area contributed by atoms with E-state index in [1.807, 2.05) is 0 Å². The fourth-order valence-electron chi connectivity index (χ4n) is 1.96. The molecule has 2 aromatic rings. The van der Waals surface area contributed by atoms with Crippen LogP contribution in [0.3, 0.4) is 0 Å². The fraction of sp³-hybridized carbons (Fsp3) is 0.200. The van der Waals surface area contributed by atoms with Crippen molar-refractivity contribution >= 4 is 23.4 Å². The van der Waals surface area contributed by atoms with E-state index in [0.717, 1.165) is 15.2 Å². The number of aromatic hydroxyl groups is 1. The molecule has 1 aromatic carbocycles. The molecule has 0 saturated carbocycles. The lowest BCUT2D eigenvalue weighted by atomic mass is 10.2. The predicted octanol–water partition coefficient (Wildman–Crippen LogP) is -0.833. The van der Waals surface area contributed by atoms with E-state index in [2.05, 4.69) is 5.32 Å². The van der Waals surface area contributed by atoms with Gasteiger partial charge in [0.05, 0.1) is 0 Å². The maximum Gasteiger partial charge on any atom is 0.342 e. The number of esters is 1. The third-order valence-electron chi connectivity index (χ3n) is 3.37. The lowest BCUT2D eigenvalue weighted by molar-refractivity contribution is -0.119. The van der Waals surface area contributed by atoms with Crippen molar-refractivity contribution in [2.45, 2.75) is 0 Å². The normalized spacial score (nSPS) is 10.3. The molecule has 132 valence electrons. The minimum Gasteiger partial charge on any atom is -0.507 e. The molecular weight excluding hydrogens is 332 g/mol. The van der Waals surface area contributed by atoms with Gasteiger partial charge in [-0.2, -0.15) is 0 Å². The lowest BCUT2D eigenvalue weighted by Gasteiger charge is -2.11. The van der Waals surface area contributed by atoms with Crippen LogP contribution >= 0.6 is 0 Å². The zero-order valence-corrected chi connectivity index (χ0v) is 13.5. The summed E-state index contributed by atoms with van der Waals surface area (Å²) < 4.78 is 6.72. The molecule has 0 aliphatic carbocycles. The van der Waals surface area contributed by atoms with E-state index in [1.165, 1.54) is 32.3 Å². The zero-order valence-electron chi connectivity index (χ0n) is 13.5. The summed E-state index contributed by atoms with van der Waals surface area (Å²) in [5, 5.41) is 11.9. The van der Waals surface area contributed by atoms with Gasteiger partial charge in [-0.05, 0) is 18.2 Å². The van der Waals surface area contributed by atoms with Crippen molar-refractivity contribution in [3.63, 3.8) is 0 Å². The predicted molar refractivity (Wildman–Crippen MR) is 88.4 cm³/mol. The van der Waals surface area contributed by atoms with Gasteiger partial charge in [-0.3, -0.25) is 18.7 Å². The first kappa shape index (κ1) is 17.8. The number of carbonyl (C=O) groups is 2. The van der Waals surface area contributed by atoms with Crippen molar-refractivity contribution in [3.8, 4) is 5.75 Å². The number of nitrogen functional groups attached to an aromatic ring is 1. The van der Waals surface area contributed by atoms with Crippen molar-refractivity contribution < 1.29 is 19.4 Å². The second-order valence-corrected chi connectivity index (χ2v) is 5.17. The number of rotatable bonds is 4. The van der Waals surface area contributed by atoms with Gasteiger partial charge in [0.1, 0.15) is 17.1 Å². The van der Waals surface area contributed by atoms with E-state index in [1.54, 1.807) is 0 Å². The molecule has 0 fully saturated rings. The lowest BCUT2D eigenvalue weighted by Crippen LogP contribution is -2.38. The van der Waals surface area contributed by atoms with Crippen molar-refractivity contribution in [2.24, 2.45) is 14.1 Å². The quantitative estimate of drug-likeness (QED) is 0.371. The van der Waals surface area contributed by atoms with Gasteiger partial charge in [-0.25, -0.2) is 9.59 Å². The highest BCUT2D eigenvalue weighted by atomic mass is 16.5. The molecule has 0 spiro atoms. The number of amides is 1. The van der Waals surface area contributed by atoms with Crippen LogP contribution in [0, 0.1) is 0 Å². The molecule has 0 saturated heterocycles. The van der Waals surface area contributed by atoms with E-state index >= 15 is 0 Å². The molecule has 2 rings (SSSR count). The van der Waals surface area contributed by atoms with E-state index in [0.29, 0.717) is 0 Å². The number of hydrogen-bond acceptors (Lipinski definition) is 7. The summed E-state index contributed by atoms with van der Waals surface area (Å²) in [5.74, 6) is -2.09. The highest BCUT2D eigenvalue weighted by molar-refractivity contribution is 5.96. The molecule has 1 heterocycles. The molecule has 4 N–H and O–H groups in total. The molecule has 0 aliphatic heterocycles. The van der Waals surface area contributed by atoms with E-state index in [-0.39, 0.29) is 22.8 Å². The van der Waals surface area contributed by atoms with Crippen LogP contribution in [0.15, 0.2) is 33.9 Å². The van der Waals surface area contributed by atoms with Crippen LogP contribution < -0.4 is 22.3 Å². The first-order valence-electron chi connectivity index (χ1n) is 7.03. The minimum absolute atomic E-state index is 0.0408. The smallest absolute Gasteiger partial charge is 0.342 e. The number of carbonyl (C=O) groups excluding carboxylic acids is 2. The average molecular weight is 348 g/mol. The van der Waals surface area contributed by atoms with Crippen LogP contribution in [0.5, 0.6) is 5.75 Å². The third-order valence-corrected chi connectivity index (χ3v) is 3.37. The van der Waals surface area contributed by atoms with Crippen LogP contribution in [-0.4, -0.2) is 32.7 Å². The molecule has 0 atom stereocenters. The number of ether oxygens (including phenoxy) is 1. The Kier molecular flexibility index (Phi) is 4.92. The fourth-order valence-corrected chi connectivity index (χ4v) is 1.96. The molecule has 0 aliphatic rings. The Labute approximate surface area is 141 Å². The van der Waals surface area contributed by atoms with Gasteiger partial charge in [0.2, 0.25) is 0 Å². The van der Waals surface area contributed by atoms with Gasteiger partial charge in [-0.1, -0.05) is 0 Å². The Morgan fingerprint density at radius 1 is 1.20 bits per heavy atom.